The van der Waals surface area contributed by atoms with Crippen LogP contribution < -0.4 is 10.6 Å². The number of rotatable bonds is 5. The summed E-state index contributed by atoms with van der Waals surface area (Å²) in [5.41, 5.74) is 4.45. The van der Waals surface area contributed by atoms with Crippen LogP contribution in [-0.4, -0.2) is 50.8 Å². The summed E-state index contributed by atoms with van der Waals surface area (Å²) in [5.74, 6) is 2.02. The third-order valence-electron chi connectivity index (χ3n) is 5.63. The molecule has 0 amide bonds. The highest BCUT2D eigenvalue weighted by atomic mass is 15.2. The number of anilines is 2. The third-order valence-corrected chi connectivity index (χ3v) is 5.63. The quantitative estimate of drug-likeness (QED) is 0.808. The van der Waals surface area contributed by atoms with Crippen LogP contribution in [0.1, 0.15) is 33.1 Å². The molecular weight excluding hydrogens is 362 g/mol. The minimum Gasteiger partial charge on any atom is -0.367 e. The van der Waals surface area contributed by atoms with Crippen LogP contribution in [0.25, 0.3) is 11.1 Å². The van der Waals surface area contributed by atoms with Gasteiger partial charge in [-0.3, -0.25) is 4.68 Å². The molecule has 1 atom stereocenters. The Morgan fingerprint density at radius 2 is 1.93 bits per heavy atom. The first-order valence-corrected chi connectivity index (χ1v) is 10.4. The molecular formula is C22H31N7. The standard InChI is InChI=1S/C22H31N7/c1-15-9-16(2)11-19(10-15)26-22-23-13-20(17-12-24-29(4)14-17)21(27-22)25-18-5-7-28(3)8-6-18/h10-15,18H,5-9H2,1-4H3,(H2,23,25,26,27). The van der Waals surface area contributed by atoms with Crippen molar-refractivity contribution in [3.8, 4) is 11.1 Å². The Morgan fingerprint density at radius 1 is 1.14 bits per heavy atom. The molecule has 7 heteroatoms. The lowest BCUT2D eigenvalue weighted by molar-refractivity contribution is 0.263. The summed E-state index contributed by atoms with van der Waals surface area (Å²) in [6, 6.07) is 0.417. The van der Waals surface area contributed by atoms with Gasteiger partial charge in [0.15, 0.2) is 0 Å². The summed E-state index contributed by atoms with van der Waals surface area (Å²) >= 11 is 0. The largest absolute Gasteiger partial charge is 0.367 e. The fourth-order valence-electron chi connectivity index (χ4n) is 4.12. The Morgan fingerprint density at radius 3 is 2.62 bits per heavy atom. The molecule has 0 spiro atoms. The van der Waals surface area contributed by atoms with Gasteiger partial charge in [-0.25, -0.2) is 4.98 Å². The topological polar surface area (TPSA) is 70.9 Å². The molecule has 154 valence electrons. The molecule has 2 N–H and O–H groups in total. The van der Waals surface area contributed by atoms with E-state index in [0.29, 0.717) is 17.9 Å². The molecule has 0 radical (unpaired) electrons. The molecule has 2 aromatic heterocycles. The molecule has 1 aliphatic heterocycles. The van der Waals surface area contributed by atoms with Crippen molar-refractivity contribution in [2.24, 2.45) is 13.0 Å². The van der Waals surface area contributed by atoms with Crippen molar-refractivity contribution in [2.75, 3.05) is 30.8 Å². The molecule has 1 unspecified atom stereocenters. The second-order valence-electron chi connectivity index (χ2n) is 8.50. The van der Waals surface area contributed by atoms with Crippen LogP contribution in [0.15, 0.2) is 42.0 Å². The summed E-state index contributed by atoms with van der Waals surface area (Å²) < 4.78 is 1.81. The van der Waals surface area contributed by atoms with Crippen LogP contribution in [0, 0.1) is 5.92 Å². The van der Waals surface area contributed by atoms with Gasteiger partial charge in [0, 0.05) is 42.3 Å². The highest BCUT2D eigenvalue weighted by molar-refractivity contribution is 5.74. The van der Waals surface area contributed by atoms with Gasteiger partial charge < -0.3 is 15.5 Å². The maximum absolute atomic E-state index is 4.86. The normalized spacial score (nSPS) is 20.9. The molecule has 1 aliphatic carbocycles. The number of likely N-dealkylation sites (tertiary alicyclic amines) is 1. The van der Waals surface area contributed by atoms with Gasteiger partial charge in [-0.05, 0) is 58.3 Å². The molecule has 29 heavy (non-hydrogen) atoms. The van der Waals surface area contributed by atoms with Crippen molar-refractivity contribution in [3.05, 3.63) is 42.0 Å². The summed E-state index contributed by atoms with van der Waals surface area (Å²) in [6.07, 6.45) is 13.5. The van der Waals surface area contributed by atoms with Gasteiger partial charge in [-0.15, -0.1) is 0 Å². The van der Waals surface area contributed by atoms with E-state index in [1.54, 1.807) is 0 Å². The average molecular weight is 394 g/mol. The van der Waals surface area contributed by atoms with E-state index in [4.69, 9.17) is 4.98 Å². The first-order valence-electron chi connectivity index (χ1n) is 10.4. The van der Waals surface area contributed by atoms with Crippen molar-refractivity contribution in [3.63, 3.8) is 0 Å². The molecule has 0 saturated carbocycles. The zero-order valence-electron chi connectivity index (χ0n) is 17.8. The number of piperidine rings is 1. The van der Waals surface area contributed by atoms with Gasteiger partial charge >= 0.3 is 0 Å². The summed E-state index contributed by atoms with van der Waals surface area (Å²) in [4.78, 5) is 11.8. The van der Waals surface area contributed by atoms with Gasteiger partial charge in [-0.2, -0.15) is 10.1 Å². The van der Waals surface area contributed by atoms with Crippen LogP contribution in [0.3, 0.4) is 0 Å². The summed E-state index contributed by atoms with van der Waals surface area (Å²) in [6.45, 7) is 6.61. The van der Waals surface area contributed by atoms with Crippen LogP contribution in [0.2, 0.25) is 0 Å². The number of nitrogens with one attached hydrogen (secondary N) is 2. The number of nitrogens with zero attached hydrogens (tertiary/aromatic N) is 5. The smallest absolute Gasteiger partial charge is 0.229 e. The van der Waals surface area contributed by atoms with Crippen LogP contribution in [-0.2, 0) is 7.05 Å². The maximum atomic E-state index is 4.86. The number of aryl methyl sites for hydroxylation is 1. The molecule has 2 aliphatic rings. The fraction of sp³-hybridized carbons (Fsp3) is 0.500. The average Bonchev–Trinajstić information content (AvgIpc) is 3.09. The summed E-state index contributed by atoms with van der Waals surface area (Å²) in [5, 5.41) is 11.4. The number of hydrogen-bond donors (Lipinski definition) is 2. The Hall–Kier alpha value is -2.67. The minimum atomic E-state index is 0.417. The highest BCUT2D eigenvalue weighted by Crippen LogP contribution is 2.29. The number of allylic oxidation sites excluding steroid dienone is 3. The maximum Gasteiger partial charge on any atom is 0.229 e. The Labute approximate surface area is 172 Å². The van der Waals surface area contributed by atoms with E-state index in [9.17, 15) is 0 Å². The second kappa shape index (κ2) is 8.37. The van der Waals surface area contributed by atoms with Gasteiger partial charge in [0.05, 0.1) is 6.20 Å². The monoisotopic (exact) mass is 393 g/mol. The zero-order chi connectivity index (χ0) is 20.4. The molecule has 4 rings (SSSR count). The Kier molecular flexibility index (Phi) is 5.67. The van der Waals surface area contributed by atoms with E-state index in [0.717, 1.165) is 55.0 Å². The van der Waals surface area contributed by atoms with Gasteiger partial charge in [0.25, 0.3) is 0 Å². The van der Waals surface area contributed by atoms with Gasteiger partial charge in [0.2, 0.25) is 5.95 Å². The van der Waals surface area contributed by atoms with E-state index < -0.39 is 0 Å². The Bertz CT molecular complexity index is 919. The molecule has 1 saturated heterocycles. The molecule has 2 aromatic rings. The van der Waals surface area contributed by atoms with Crippen molar-refractivity contribution in [1.29, 1.82) is 0 Å². The van der Waals surface area contributed by atoms with Gasteiger partial charge in [0.1, 0.15) is 5.82 Å². The summed E-state index contributed by atoms with van der Waals surface area (Å²) in [7, 11) is 4.11. The lowest BCUT2D eigenvalue weighted by Crippen LogP contribution is -2.37. The predicted molar refractivity (Wildman–Crippen MR) is 118 cm³/mol. The third kappa shape index (κ3) is 4.85. The van der Waals surface area contributed by atoms with E-state index in [1.807, 2.05) is 30.3 Å². The van der Waals surface area contributed by atoms with Crippen molar-refractivity contribution in [1.82, 2.24) is 24.6 Å². The van der Waals surface area contributed by atoms with E-state index >= 15 is 0 Å². The predicted octanol–water partition coefficient (Wildman–Crippen LogP) is 3.67. The van der Waals surface area contributed by atoms with Crippen LogP contribution in [0.5, 0.6) is 0 Å². The van der Waals surface area contributed by atoms with Crippen LogP contribution in [0.4, 0.5) is 11.8 Å². The van der Waals surface area contributed by atoms with Crippen molar-refractivity contribution >= 4 is 11.8 Å². The van der Waals surface area contributed by atoms with Gasteiger partial charge in [-0.1, -0.05) is 18.6 Å². The van der Waals surface area contributed by atoms with Crippen molar-refractivity contribution in [2.45, 2.75) is 39.2 Å². The molecule has 1 fully saturated rings. The SMILES string of the molecule is CC1=CC(Nc2ncc(-c3cnn(C)c3)c(NC3CCN(C)CC3)n2)=CC(C)C1. The minimum absolute atomic E-state index is 0.417. The van der Waals surface area contributed by atoms with Crippen LogP contribution >= 0.6 is 0 Å². The van der Waals surface area contributed by atoms with Crippen molar-refractivity contribution < 1.29 is 0 Å². The number of aromatic nitrogens is 4. The van der Waals surface area contributed by atoms with E-state index in [2.05, 4.69) is 58.7 Å². The fourth-order valence-corrected chi connectivity index (χ4v) is 4.12. The molecule has 0 aromatic carbocycles. The first-order chi connectivity index (χ1) is 14.0. The number of hydrogen-bond acceptors (Lipinski definition) is 6. The Balaban J connectivity index is 1.61. The second-order valence-corrected chi connectivity index (χ2v) is 8.50. The van der Waals surface area contributed by atoms with E-state index in [1.165, 1.54) is 5.57 Å². The highest BCUT2D eigenvalue weighted by Gasteiger charge is 2.20. The molecule has 3 heterocycles. The van der Waals surface area contributed by atoms with E-state index in [-0.39, 0.29) is 0 Å². The first kappa shape index (κ1) is 19.6. The molecule has 0 bridgehead atoms. The lowest BCUT2D eigenvalue weighted by atomic mass is 9.95. The lowest BCUT2D eigenvalue weighted by Gasteiger charge is -2.30. The zero-order valence-corrected chi connectivity index (χ0v) is 17.8. The molecule has 7 nitrogen and oxygen atoms in total.